The van der Waals surface area contributed by atoms with Crippen molar-refractivity contribution in [1.29, 1.82) is 0 Å². The van der Waals surface area contributed by atoms with E-state index in [4.69, 9.17) is 4.99 Å². The van der Waals surface area contributed by atoms with Gasteiger partial charge in [0.25, 0.3) is 0 Å². The summed E-state index contributed by atoms with van der Waals surface area (Å²) in [5.74, 6) is -0.220. The second kappa shape index (κ2) is 9.58. The Labute approximate surface area is 163 Å². The van der Waals surface area contributed by atoms with Gasteiger partial charge in [-0.25, -0.2) is 9.38 Å². The second-order valence-corrected chi connectivity index (χ2v) is 7.10. The highest BCUT2D eigenvalue weighted by Crippen LogP contribution is 2.21. The first kappa shape index (κ1) is 19.5. The summed E-state index contributed by atoms with van der Waals surface area (Å²) in [6.07, 6.45) is 4.54. The third kappa shape index (κ3) is 5.11. The average molecular weight is 385 g/mol. The van der Waals surface area contributed by atoms with Crippen molar-refractivity contribution in [1.82, 2.24) is 14.5 Å². The molecule has 0 saturated heterocycles. The molecule has 0 fully saturated rings. The number of benzene rings is 1. The molecule has 27 heavy (non-hydrogen) atoms. The van der Waals surface area contributed by atoms with Crippen LogP contribution in [0.15, 0.2) is 59.2 Å². The highest BCUT2D eigenvalue weighted by molar-refractivity contribution is 7.07. The van der Waals surface area contributed by atoms with Gasteiger partial charge in [-0.2, -0.15) is 0 Å². The zero-order valence-electron chi connectivity index (χ0n) is 15.8. The van der Waals surface area contributed by atoms with E-state index in [0.717, 1.165) is 54.3 Å². The van der Waals surface area contributed by atoms with Gasteiger partial charge < -0.3 is 9.47 Å². The van der Waals surface area contributed by atoms with Gasteiger partial charge in [-0.1, -0.05) is 13.8 Å². The lowest BCUT2D eigenvalue weighted by Gasteiger charge is -2.18. The smallest absolute Gasteiger partial charge is 0.190 e. The summed E-state index contributed by atoms with van der Waals surface area (Å²) in [7, 11) is 0. The van der Waals surface area contributed by atoms with Crippen LogP contribution in [-0.2, 0) is 6.54 Å². The molecule has 0 spiro atoms. The van der Waals surface area contributed by atoms with E-state index < -0.39 is 0 Å². The predicted molar refractivity (Wildman–Crippen MR) is 110 cm³/mol. The summed E-state index contributed by atoms with van der Waals surface area (Å²) >= 11 is 1.60. The first-order valence-corrected chi connectivity index (χ1v) is 10.2. The molecule has 6 heteroatoms. The second-order valence-electron chi connectivity index (χ2n) is 6.27. The molecule has 0 amide bonds. The quantitative estimate of drug-likeness (QED) is 0.563. The first-order valence-electron chi connectivity index (χ1n) is 9.32. The van der Waals surface area contributed by atoms with E-state index in [-0.39, 0.29) is 5.82 Å². The lowest BCUT2D eigenvalue weighted by molar-refractivity contribution is 0.293. The van der Waals surface area contributed by atoms with Crippen molar-refractivity contribution in [2.45, 2.75) is 26.8 Å². The Morgan fingerprint density at radius 2 is 1.93 bits per heavy atom. The van der Waals surface area contributed by atoms with E-state index in [1.54, 1.807) is 23.7 Å². The number of pyridine rings is 1. The lowest BCUT2D eigenvalue weighted by atomic mass is 10.1. The summed E-state index contributed by atoms with van der Waals surface area (Å²) < 4.78 is 15.6. The average Bonchev–Trinajstić information content (AvgIpc) is 3.09. The SMILES string of the molecule is CCN(CC)CCCn1c(-c2ccc(F)cc2)csc1=Nc1cccnc1. The molecule has 2 aromatic heterocycles. The summed E-state index contributed by atoms with van der Waals surface area (Å²) in [6, 6.07) is 10.5. The van der Waals surface area contributed by atoms with Crippen LogP contribution >= 0.6 is 11.3 Å². The molecule has 0 unspecified atom stereocenters. The number of thiazole rings is 1. The van der Waals surface area contributed by atoms with Crippen LogP contribution in [0.4, 0.5) is 10.1 Å². The maximum atomic E-state index is 13.3. The molecule has 0 radical (unpaired) electrons. The maximum absolute atomic E-state index is 13.3. The monoisotopic (exact) mass is 384 g/mol. The van der Waals surface area contributed by atoms with Crippen LogP contribution in [-0.4, -0.2) is 34.1 Å². The molecule has 0 bridgehead atoms. The van der Waals surface area contributed by atoms with E-state index in [9.17, 15) is 4.39 Å². The molecule has 0 atom stereocenters. The van der Waals surface area contributed by atoms with Crippen molar-refractivity contribution in [3.8, 4) is 11.3 Å². The molecule has 0 aliphatic rings. The van der Waals surface area contributed by atoms with Crippen LogP contribution in [0.3, 0.4) is 0 Å². The van der Waals surface area contributed by atoms with E-state index in [0.29, 0.717) is 0 Å². The van der Waals surface area contributed by atoms with Crippen LogP contribution in [0.2, 0.25) is 0 Å². The first-order chi connectivity index (χ1) is 13.2. The summed E-state index contributed by atoms with van der Waals surface area (Å²) in [5.41, 5.74) is 2.91. The fourth-order valence-electron chi connectivity index (χ4n) is 3.01. The fourth-order valence-corrected chi connectivity index (χ4v) is 3.96. The van der Waals surface area contributed by atoms with E-state index >= 15 is 0 Å². The van der Waals surface area contributed by atoms with Gasteiger partial charge in [-0.05, 0) is 68.0 Å². The minimum absolute atomic E-state index is 0.220. The number of halogens is 1. The Morgan fingerprint density at radius 1 is 1.15 bits per heavy atom. The van der Waals surface area contributed by atoms with E-state index in [1.807, 2.05) is 24.3 Å². The summed E-state index contributed by atoms with van der Waals surface area (Å²) in [4.78, 5) is 12.3. The minimum Gasteiger partial charge on any atom is -0.316 e. The standard InChI is InChI=1S/C21H25FN4S/c1-3-25(4-2)13-6-14-26-20(17-8-10-18(22)11-9-17)16-27-21(26)24-19-7-5-12-23-15-19/h5,7-12,15-16H,3-4,6,13-14H2,1-2H3. The molecular formula is C21H25FN4S. The van der Waals surface area contributed by atoms with Gasteiger partial charge in [-0.15, -0.1) is 11.3 Å². The van der Waals surface area contributed by atoms with Gasteiger partial charge in [-0.3, -0.25) is 4.98 Å². The van der Waals surface area contributed by atoms with Gasteiger partial charge in [0.2, 0.25) is 0 Å². The molecule has 0 aliphatic heterocycles. The molecule has 0 saturated carbocycles. The molecular weight excluding hydrogens is 359 g/mol. The van der Waals surface area contributed by atoms with Gasteiger partial charge in [0, 0.05) is 18.1 Å². The zero-order chi connectivity index (χ0) is 19.1. The van der Waals surface area contributed by atoms with Gasteiger partial charge in [0.15, 0.2) is 4.80 Å². The maximum Gasteiger partial charge on any atom is 0.190 e. The van der Waals surface area contributed by atoms with Gasteiger partial charge in [0.1, 0.15) is 5.82 Å². The third-order valence-electron chi connectivity index (χ3n) is 4.56. The molecule has 0 N–H and O–H groups in total. The van der Waals surface area contributed by atoms with Crippen LogP contribution < -0.4 is 4.80 Å². The Kier molecular flexibility index (Phi) is 6.90. The van der Waals surface area contributed by atoms with Crippen LogP contribution in [0.1, 0.15) is 20.3 Å². The highest BCUT2D eigenvalue weighted by Gasteiger charge is 2.09. The number of hydrogen-bond acceptors (Lipinski definition) is 4. The molecule has 1 aromatic carbocycles. The van der Waals surface area contributed by atoms with Crippen molar-refractivity contribution < 1.29 is 4.39 Å². The van der Waals surface area contributed by atoms with Crippen LogP contribution in [0.25, 0.3) is 11.3 Å². The molecule has 3 rings (SSSR count). The van der Waals surface area contributed by atoms with E-state index in [1.165, 1.54) is 12.1 Å². The number of rotatable bonds is 8. The summed E-state index contributed by atoms with van der Waals surface area (Å²) in [5, 5.41) is 2.10. The highest BCUT2D eigenvalue weighted by atomic mass is 32.1. The largest absolute Gasteiger partial charge is 0.316 e. The third-order valence-corrected chi connectivity index (χ3v) is 5.42. The van der Waals surface area contributed by atoms with Gasteiger partial charge >= 0.3 is 0 Å². The van der Waals surface area contributed by atoms with Crippen molar-refractivity contribution in [2.75, 3.05) is 19.6 Å². The van der Waals surface area contributed by atoms with Crippen molar-refractivity contribution in [3.05, 3.63) is 64.8 Å². The van der Waals surface area contributed by atoms with Crippen molar-refractivity contribution in [2.24, 2.45) is 4.99 Å². The Morgan fingerprint density at radius 3 is 2.59 bits per heavy atom. The lowest BCUT2D eigenvalue weighted by Crippen LogP contribution is -2.26. The molecule has 142 valence electrons. The molecule has 3 aromatic rings. The topological polar surface area (TPSA) is 33.4 Å². The Balaban J connectivity index is 1.94. The van der Waals surface area contributed by atoms with Gasteiger partial charge in [0.05, 0.1) is 17.6 Å². The predicted octanol–water partition coefficient (Wildman–Crippen LogP) is 4.72. The number of nitrogens with zero attached hydrogens (tertiary/aromatic N) is 4. The normalized spacial score (nSPS) is 12.1. The minimum atomic E-state index is -0.220. The number of hydrogen-bond donors (Lipinski definition) is 0. The van der Waals surface area contributed by atoms with Crippen LogP contribution in [0, 0.1) is 5.82 Å². The van der Waals surface area contributed by atoms with Crippen molar-refractivity contribution >= 4 is 17.0 Å². The van der Waals surface area contributed by atoms with Crippen molar-refractivity contribution in [3.63, 3.8) is 0 Å². The molecule has 4 nitrogen and oxygen atoms in total. The fraction of sp³-hybridized carbons (Fsp3) is 0.333. The molecule has 2 heterocycles. The molecule has 0 aliphatic carbocycles. The Hall–Kier alpha value is -2.31. The Bertz CT molecular complexity index is 896. The van der Waals surface area contributed by atoms with E-state index in [2.05, 4.69) is 33.7 Å². The summed E-state index contributed by atoms with van der Waals surface area (Å²) in [6.45, 7) is 8.41. The van der Waals surface area contributed by atoms with Crippen LogP contribution in [0.5, 0.6) is 0 Å². The number of aromatic nitrogens is 2. The zero-order valence-corrected chi connectivity index (χ0v) is 16.6.